The first kappa shape index (κ1) is 22.5. The fourth-order valence-corrected chi connectivity index (χ4v) is 4.32. The van der Waals surface area contributed by atoms with Gasteiger partial charge in [0.25, 0.3) is 10.0 Å². The molecule has 0 amide bonds. The monoisotopic (exact) mass is 466 g/mol. The van der Waals surface area contributed by atoms with Crippen molar-refractivity contribution in [2.24, 2.45) is 0 Å². The van der Waals surface area contributed by atoms with Gasteiger partial charge in [0.2, 0.25) is 11.9 Å². The van der Waals surface area contributed by atoms with Gasteiger partial charge in [0.1, 0.15) is 0 Å². The fraction of sp³-hybridized carbons (Fsp3) is 0.125. The minimum absolute atomic E-state index is 0.0606. The Morgan fingerprint density at radius 2 is 1.42 bits per heavy atom. The number of nitrogens with one attached hydrogen (secondary N) is 1. The van der Waals surface area contributed by atoms with E-state index < -0.39 is 27.3 Å². The molecule has 0 radical (unpaired) electrons. The summed E-state index contributed by atoms with van der Waals surface area (Å²) in [6, 6.07) is 20.6. The van der Waals surface area contributed by atoms with Crippen molar-refractivity contribution < 1.29 is 17.2 Å². The standard InChI is InChI=1S/C24H20F2N4O2S/c1-24(2,19-11-6-10-18(27-19)17-14-15-21(25)29-23(17)26)20-12-7-13-22(28-20)33(31,32)30-16-8-4-3-5-9-16/h3-15,30H,1-2H3. The van der Waals surface area contributed by atoms with Crippen LogP contribution >= 0.6 is 0 Å². The number of hydrogen-bond donors (Lipinski definition) is 1. The molecule has 4 rings (SSSR count). The predicted molar refractivity (Wildman–Crippen MR) is 121 cm³/mol. The van der Waals surface area contributed by atoms with Crippen molar-refractivity contribution in [2.45, 2.75) is 24.3 Å². The summed E-state index contributed by atoms with van der Waals surface area (Å²) >= 11 is 0. The Kier molecular flexibility index (Phi) is 5.90. The van der Waals surface area contributed by atoms with E-state index in [0.717, 1.165) is 6.07 Å². The van der Waals surface area contributed by atoms with E-state index in [4.69, 9.17) is 0 Å². The van der Waals surface area contributed by atoms with E-state index in [1.165, 1.54) is 12.1 Å². The van der Waals surface area contributed by atoms with Gasteiger partial charge in [0.05, 0.1) is 22.6 Å². The van der Waals surface area contributed by atoms with Gasteiger partial charge < -0.3 is 0 Å². The number of rotatable bonds is 6. The molecule has 0 atom stereocenters. The molecular weight excluding hydrogens is 446 g/mol. The first-order valence-corrected chi connectivity index (χ1v) is 11.5. The van der Waals surface area contributed by atoms with Gasteiger partial charge in [-0.1, -0.05) is 30.3 Å². The second-order valence-corrected chi connectivity index (χ2v) is 9.47. The van der Waals surface area contributed by atoms with E-state index in [9.17, 15) is 17.2 Å². The number of hydrogen-bond acceptors (Lipinski definition) is 5. The van der Waals surface area contributed by atoms with Crippen molar-refractivity contribution in [3.8, 4) is 11.3 Å². The Balaban J connectivity index is 1.70. The molecule has 0 saturated carbocycles. The summed E-state index contributed by atoms with van der Waals surface area (Å²) in [6.45, 7) is 3.67. The van der Waals surface area contributed by atoms with Crippen LogP contribution in [-0.2, 0) is 15.4 Å². The first-order chi connectivity index (χ1) is 15.7. The number of benzene rings is 1. The van der Waals surface area contributed by atoms with Gasteiger partial charge in [-0.3, -0.25) is 9.71 Å². The molecule has 0 saturated heterocycles. The van der Waals surface area contributed by atoms with Crippen molar-refractivity contribution in [2.75, 3.05) is 4.72 Å². The number of anilines is 1. The summed E-state index contributed by atoms with van der Waals surface area (Å²) in [6.07, 6.45) is 0. The highest BCUT2D eigenvalue weighted by Gasteiger charge is 2.29. The molecule has 0 bridgehead atoms. The van der Waals surface area contributed by atoms with Crippen molar-refractivity contribution >= 4 is 15.7 Å². The average Bonchev–Trinajstić information content (AvgIpc) is 2.80. The molecule has 0 aliphatic heterocycles. The molecule has 9 heteroatoms. The van der Waals surface area contributed by atoms with Crippen LogP contribution in [0.3, 0.4) is 0 Å². The molecular formula is C24H20F2N4O2S. The molecule has 6 nitrogen and oxygen atoms in total. The van der Waals surface area contributed by atoms with Crippen LogP contribution in [0.1, 0.15) is 25.2 Å². The maximum atomic E-state index is 14.2. The van der Waals surface area contributed by atoms with Crippen LogP contribution in [-0.4, -0.2) is 23.4 Å². The van der Waals surface area contributed by atoms with Gasteiger partial charge in [-0.15, -0.1) is 0 Å². The first-order valence-electron chi connectivity index (χ1n) is 10.0. The van der Waals surface area contributed by atoms with Gasteiger partial charge in [0.15, 0.2) is 5.03 Å². The summed E-state index contributed by atoms with van der Waals surface area (Å²) in [4.78, 5) is 12.1. The zero-order valence-corrected chi connectivity index (χ0v) is 18.6. The molecule has 3 heterocycles. The molecule has 0 aliphatic rings. The maximum Gasteiger partial charge on any atom is 0.279 e. The van der Waals surface area contributed by atoms with Crippen molar-refractivity contribution in [1.82, 2.24) is 15.0 Å². The second kappa shape index (κ2) is 8.67. The number of sulfonamides is 1. The van der Waals surface area contributed by atoms with E-state index in [2.05, 4.69) is 19.7 Å². The Morgan fingerprint density at radius 3 is 2.12 bits per heavy atom. The molecule has 168 valence electrons. The van der Waals surface area contributed by atoms with Crippen LogP contribution < -0.4 is 4.72 Å². The normalized spacial score (nSPS) is 11.9. The second-order valence-electron chi connectivity index (χ2n) is 7.84. The van der Waals surface area contributed by atoms with Crippen molar-refractivity contribution in [3.05, 3.63) is 102 Å². The van der Waals surface area contributed by atoms with E-state index in [1.807, 2.05) is 13.8 Å². The van der Waals surface area contributed by atoms with E-state index >= 15 is 0 Å². The predicted octanol–water partition coefficient (Wildman–Crippen LogP) is 4.94. The van der Waals surface area contributed by atoms with Gasteiger partial charge in [-0.2, -0.15) is 22.2 Å². The lowest BCUT2D eigenvalue weighted by Crippen LogP contribution is -2.24. The fourth-order valence-electron chi connectivity index (χ4n) is 3.29. The lowest BCUT2D eigenvalue weighted by molar-refractivity contribution is 0.514. The minimum Gasteiger partial charge on any atom is -0.278 e. The molecule has 1 aromatic carbocycles. The topological polar surface area (TPSA) is 84.8 Å². The minimum atomic E-state index is -3.91. The third kappa shape index (κ3) is 4.73. The zero-order chi connectivity index (χ0) is 23.6. The van der Waals surface area contributed by atoms with Gasteiger partial charge in [-0.25, -0.2) is 4.98 Å². The van der Waals surface area contributed by atoms with Crippen LogP contribution in [0.4, 0.5) is 14.5 Å². The SMILES string of the molecule is CC(C)(c1cccc(-c2ccc(F)nc2F)n1)c1cccc(S(=O)(=O)Nc2ccccc2)n1. The summed E-state index contributed by atoms with van der Waals surface area (Å²) in [5.74, 6) is -1.88. The average molecular weight is 467 g/mol. The van der Waals surface area contributed by atoms with E-state index in [1.54, 1.807) is 60.7 Å². The molecule has 0 unspecified atom stereocenters. The zero-order valence-electron chi connectivity index (χ0n) is 17.8. The van der Waals surface area contributed by atoms with Crippen LogP contribution in [0.2, 0.25) is 0 Å². The number of pyridine rings is 3. The lowest BCUT2D eigenvalue weighted by atomic mass is 9.84. The third-order valence-electron chi connectivity index (χ3n) is 5.15. The third-order valence-corrected chi connectivity index (χ3v) is 6.43. The number of halogens is 2. The Bertz CT molecular complexity index is 1410. The molecule has 0 aliphatic carbocycles. The number of nitrogens with zero attached hydrogens (tertiary/aromatic N) is 3. The van der Waals surface area contributed by atoms with Gasteiger partial charge in [-0.05, 0) is 62.4 Å². The highest BCUT2D eigenvalue weighted by molar-refractivity contribution is 7.92. The smallest absolute Gasteiger partial charge is 0.278 e. The Labute approximate surface area is 190 Å². The molecule has 0 fully saturated rings. The quantitative estimate of drug-likeness (QED) is 0.407. The summed E-state index contributed by atoms with van der Waals surface area (Å²) in [5.41, 5.74) is 0.930. The molecule has 4 aromatic rings. The van der Waals surface area contributed by atoms with Crippen molar-refractivity contribution in [1.29, 1.82) is 0 Å². The van der Waals surface area contributed by atoms with Gasteiger partial charge in [0, 0.05) is 11.1 Å². The summed E-state index contributed by atoms with van der Waals surface area (Å²) < 4.78 is 55.6. The van der Waals surface area contributed by atoms with Gasteiger partial charge >= 0.3 is 0 Å². The van der Waals surface area contributed by atoms with Crippen molar-refractivity contribution in [3.63, 3.8) is 0 Å². The summed E-state index contributed by atoms with van der Waals surface area (Å²) in [7, 11) is -3.91. The van der Waals surface area contributed by atoms with E-state index in [-0.39, 0.29) is 16.3 Å². The Morgan fingerprint density at radius 1 is 0.758 bits per heavy atom. The molecule has 3 aromatic heterocycles. The highest BCUT2D eigenvalue weighted by Crippen LogP contribution is 2.31. The number of aromatic nitrogens is 3. The highest BCUT2D eigenvalue weighted by atomic mass is 32.2. The van der Waals surface area contributed by atoms with Crippen LogP contribution in [0.5, 0.6) is 0 Å². The lowest BCUT2D eigenvalue weighted by Gasteiger charge is -2.24. The number of para-hydroxylation sites is 1. The molecule has 0 spiro atoms. The van der Waals surface area contributed by atoms with Crippen LogP contribution in [0.25, 0.3) is 11.3 Å². The molecule has 33 heavy (non-hydrogen) atoms. The maximum absolute atomic E-state index is 14.2. The van der Waals surface area contributed by atoms with Crippen LogP contribution in [0.15, 0.2) is 83.9 Å². The molecule has 1 N–H and O–H groups in total. The largest absolute Gasteiger partial charge is 0.279 e. The summed E-state index contributed by atoms with van der Waals surface area (Å²) in [5, 5.41) is -0.137. The van der Waals surface area contributed by atoms with Crippen LogP contribution in [0, 0.1) is 11.9 Å². The van der Waals surface area contributed by atoms with E-state index in [0.29, 0.717) is 17.1 Å². The Hall–Kier alpha value is -3.72.